The molecule has 4 rings (SSSR count). The molecule has 1 heterocycles. The molecule has 3 unspecified atom stereocenters. The van der Waals surface area contributed by atoms with Crippen LogP contribution in [0.15, 0.2) is 48.5 Å². The lowest BCUT2D eigenvalue weighted by atomic mass is 10.1. The summed E-state index contributed by atoms with van der Waals surface area (Å²) in [5.74, 6) is 0.515. The van der Waals surface area contributed by atoms with Crippen molar-refractivity contribution in [3.63, 3.8) is 0 Å². The minimum Gasteiger partial charge on any atom is -0.324 e. The van der Waals surface area contributed by atoms with Crippen LogP contribution in [-0.2, 0) is 4.79 Å². The van der Waals surface area contributed by atoms with Gasteiger partial charge >= 0.3 is 0 Å². The highest BCUT2D eigenvalue weighted by Crippen LogP contribution is 2.43. The van der Waals surface area contributed by atoms with Crippen molar-refractivity contribution >= 4 is 23.2 Å². The van der Waals surface area contributed by atoms with E-state index in [0.29, 0.717) is 17.0 Å². The van der Waals surface area contributed by atoms with Crippen LogP contribution < -0.4 is 10.6 Å². The molecule has 1 aliphatic heterocycles. The lowest BCUT2D eigenvalue weighted by Crippen LogP contribution is -2.29. The Kier molecular flexibility index (Phi) is 2.98. The van der Waals surface area contributed by atoms with Gasteiger partial charge in [-0.25, -0.2) is 0 Å². The summed E-state index contributed by atoms with van der Waals surface area (Å²) in [6.45, 7) is 0. The van der Waals surface area contributed by atoms with Gasteiger partial charge in [0, 0.05) is 28.2 Å². The molecule has 0 bridgehead atoms. The molecule has 106 valence electrons. The van der Waals surface area contributed by atoms with Crippen LogP contribution >= 0.6 is 11.6 Å². The van der Waals surface area contributed by atoms with Gasteiger partial charge in [0.1, 0.15) is 6.04 Å². The van der Waals surface area contributed by atoms with Crippen molar-refractivity contribution in [2.24, 2.45) is 0 Å². The van der Waals surface area contributed by atoms with E-state index >= 15 is 0 Å². The van der Waals surface area contributed by atoms with Crippen LogP contribution in [0.1, 0.15) is 29.5 Å². The fraction of sp³-hybridized carbons (Fsp3) is 0.235. The Morgan fingerprint density at radius 2 is 1.95 bits per heavy atom. The van der Waals surface area contributed by atoms with E-state index in [1.54, 1.807) is 6.07 Å². The van der Waals surface area contributed by atoms with Crippen LogP contribution in [0.3, 0.4) is 0 Å². The largest absolute Gasteiger partial charge is 0.324 e. The molecule has 1 saturated carbocycles. The number of carbonyl (C=O) groups is 1. The van der Waals surface area contributed by atoms with Crippen molar-refractivity contribution in [1.29, 1.82) is 0 Å². The summed E-state index contributed by atoms with van der Waals surface area (Å²) >= 11 is 5.97. The third-order valence-corrected chi connectivity index (χ3v) is 4.48. The lowest BCUT2D eigenvalue weighted by Gasteiger charge is -2.11. The van der Waals surface area contributed by atoms with E-state index in [4.69, 9.17) is 11.6 Å². The maximum absolute atomic E-state index is 12.1. The molecule has 1 amide bonds. The molecule has 2 aromatic rings. The van der Waals surface area contributed by atoms with E-state index in [-0.39, 0.29) is 11.9 Å². The van der Waals surface area contributed by atoms with Crippen LogP contribution in [0.4, 0.5) is 5.69 Å². The second-order valence-corrected chi connectivity index (χ2v) is 6.12. The molecule has 1 aliphatic carbocycles. The van der Waals surface area contributed by atoms with Crippen molar-refractivity contribution in [3.8, 4) is 0 Å². The summed E-state index contributed by atoms with van der Waals surface area (Å²) in [6.07, 6.45) is 1.08. The van der Waals surface area contributed by atoms with Crippen LogP contribution in [0, 0.1) is 0 Å². The molecule has 2 N–H and O–H groups in total. The van der Waals surface area contributed by atoms with E-state index in [1.807, 2.05) is 18.2 Å². The Labute approximate surface area is 128 Å². The zero-order chi connectivity index (χ0) is 14.4. The first-order chi connectivity index (χ1) is 10.2. The highest BCUT2D eigenvalue weighted by molar-refractivity contribution is 6.31. The van der Waals surface area contributed by atoms with E-state index in [2.05, 4.69) is 34.9 Å². The first-order valence-corrected chi connectivity index (χ1v) is 7.51. The number of nitrogens with one attached hydrogen (secondary N) is 2. The number of anilines is 1. The van der Waals surface area contributed by atoms with E-state index < -0.39 is 0 Å². The Morgan fingerprint density at radius 1 is 1.14 bits per heavy atom. The van der Waals surface area contributed by atoms with Crippen molar-refractivity contribution in [3.05, 3.63) is 64.7 Å². The zero-order valence-corrected chi connectivity index (χ0v) is 12.1. The molecule has 21 heavy (non-hydrogen) atoms. The highest BCUT2D eigenvalue weighted by atomic mass is 35.5. The second-order valence-electron chi connectivity index (χ2n) is 5.68. The number of carbonyl (C=O) groups excluding carboxylic acids is 1. The molecule has 0 aromatic heterocycles. The monoisotopic (exact) mass is 298 g/mol. The minimum atomic E-state index is -0.268. The maximum atomic E-state index is 12.1. The quantitative estimate of drug-likeness (QED) is 0.911. The molecule has 2 aliphatic rings. The molecular formula is C17H15ClN2O. The van der Waals surface area contributed by atoms with E-state index in [0.717, 1.165) is 17.7 Å². The van der Waals surface area contributed by atoms with Crippen LogP contribution in [0.2, 0.25) is 5.02 Å². The summed E-state index contributed by atoms with van der Waals surface area (Å²) in [5, 5.41) is 7.00. The summed E-state index contributed by atoms with van der Waals surface area (Å²) in [6, 6.07) is 16.1. The van der Waals surface area contributed by atoms with Gasteiger partial charge in [0.05, 0.1) is 0 Å². The molecule has 0 spiro atoms. The van der Waals surface area contributed by atoms with E-state index in [9.17, 15) is 4.79 Å². The molecule has 3 atom stereocenters. The fourth-order valence-corrected chi connectivity index (χ4v) is 3.23. The average molecular weight is 299 g/mol. The summed E-state index contributed by atoms with van der Waals surface area (Å²) in [5.41, 5.74) is 3.15. The van der Waals surface area contributed by atoms with Gasteiger partial charge < -0.3 is 5.32 Å². The topological polar surface area (TPSA) is 41.1 Å². The molecular weight excluding hydrogens is 284 g/mol. The normalized spacial score (nSPS) is 26.3. The van der Waals surface area contributed by atoms with Gasteiger partial charge in [0.25, 0.3) is 0 Å². The molecule has 0 radical (unpaired) electrons. The van der Waals surface area contributed by atoms with Gasteiger partial charge in [-0.1, -0.05) is 48.0 Å². The van der Waals surface area contributed by atoms with Gasteiger partial charge in [-0.2, -0.15) is 0 Å². The maximum Gasteiger partial charge on any atom is 0.246 e. The smallest absolute Gasteiger partial charge is 0.246 e. The third kappa shape index (κ3) is 2.33. The zero-order valence-electron chi connectivity index (χ0n) is 11.3. The number of halogens is 1. The number of rotatable bonds is 3. The SMILES string of the molecule is O=C1Nc2cc(Cl)ccc2C1NC1CC1c1ccccc1. The molecule has 0 saturated heterocycles. The van der Waals surface area contributed by atoms with Gasteiger partial charge in [-0.15, -0.1) is 0 Å². The van der Waals surface area contributed by atoms with Crippen molar-refractivity contribution in [1.82, 2.24) is 5.32 Å². The third-order valence-electron chi connectivity index (χ3n) is 4.25. The van der Waals surface area contributed by atoms with Crippen molar-refractivity contribution < 1.29 is 4.79 Å². The average Bonchev–Trinajstić information content (AvgIpc) is 3.19. The predicted molar refractivity (Wildman–Crippen MR) is 83.5 cm³/mol. The number of hydrogen-bond donors (Lipinski definition) is 2. The fourth-order valence-electron chi connectivity index (χ4n) is 3.06. The van der Waals surface area contributed by atoms with Crippen molar-refractivity contribution in [2.75, 3.05) is 5.32 Å². The lowest BCUT2D eigenvalue weighted by molar-refractivity contribution is -0.117. The Balaban J connectivity index is 1.51. The first-order valence-electron chi connectivity index (χ1n) is 7.14. The number of fused-ring (bicyclic) bond motifs is 1. The Hall–Kier alpha value is -1.84. The molecule has 3 nitrogen and oxygen atoms in total. The van der Waals surface area contributed by atoms with Gasteiger partial charge in [0.15, 0.2) is 0 Å². The van der Waals surface area contributed by atoms with Gasteiger partial charge in [-0.3, -0.25) is 10.1 Å². The number of hydrogen-bond acceptors (Lipinski definition) is 2. The Morgan fingerprint density at radius 3 is 2.76 bits per heavy atom. The van der Waals surface area contributed by atoms with Crippen LogP contribution in [0.25, 0.3) is 0 Å². The van der Waals surface area contributed by atoms with Crippen LogP contribution in [0.5, 0.6) is 0 Å². The molecule has 1 fully saturated rings. The predicted octanol–water partition coefficient (Wildman–Crippen LogP) is 3.48. The number of amides is 1. The number of benzene rings is 2. The standard InChI is InChI=1S/C17H15ClN2O/c18-11-6-7-12-14(8-11)20-17(21)16(12)19-15-9-13(15)10-4-2-1-3-5-10/h1-8,13,15-16,19H,9H2,(H,20,21). The first kappa shape index (κ1) is 12.9. The highest BCUT2D eigenvalue weighted by Gasteiger charge is 2.42. The van der Waals surface area contributed by atoms with Crippen molar-refractivity contribution in [2.45, 2.75) is 24.4 Å². The summed E-state index contributed by atoms with van der Waals surface area (Å²) < 4.78 is 0. The molecule has 4 heteroatoms. The van der Waals surface area contributed by atoms with Gasteiger partial charge in [-0.05, 0) is 24.1 Å². The summed E-state index contributed by atoms with van der Waals surface area (Å²) in [4.78, 5) is 12.1. The minimum absolute atomic E-state index is 0.00554. The Bertz CT molecular complexity index is 701. The van der Waals surface area contributed by atoms with Crippen LogP contribution in [-0.4, -0.2) is 11.9 Å². The van der Waals surface area contributed by atoms with Gasteiger partial charge in [0.2, 0.25) is 5.91 Å². The second kappa shape index (κ2) is 4.86. The molecule has 2 aromatic carbocycles. The van der Waals surface area contributed by atoms with E-state index in [1.165, 1.54) is 5.56 Å². The summed E-state index contributed by atoms with van der Waals surface area (Å²) in [7, 11) is 0.